The van der Waals surface area contributed by atoms with E-state index in [0.29, 0.717) is 0 Å². The van der Waals surface area contributed by atoms with Crippen LogP contribution in [0.1, 0.15) is 31.9 Å². The number of aromatic nitrogens is 3. The lowest BCUT2D eigenvalue weighted by atomic mass is 9.87. The molecule has 30 heavy (non-hydrogen) atoms. The topological polar surface area (TPSA) is 30.7 Å². The van der Waals surface area contributed by atoms with Crippen LogP contribution in [0.15, 0.2) is 84.0 Å². The van der Waals surface area contributed by atoms with Gasteiger partial charge in [0.2, 0.25) is 0 Å². The van der Waals surface area contributed by atoms with E-state index in [1.807, 2.05) is 42.5 Å². The fourth-order valence-electron chi connectivity index (χ4n) is 3.24. The number of rotatable bonds is 5. The summed E-state index contributed by atoms with van der Waals surface area (Å²) in [6.45, 7) is 6.66. The Hall–Kier alpha value is -2.56. The SMILES string of the molecule is CC(C)(C)c1ccc(-c2nnc(SCc3ccccc3Cl)n2-c2ccccc2)cc1. The summed E-state index contributed by atoms with van der Waals surface area (Å²) in [6.07, 6.45) is 0. The van der Waals surface area contributed by atoms with Crippen LogP contribution in [0.25, 0.3) is 17.1 Å². The van der Waals surface area contributed by atoms with Crippen molar-refractivity contribution in [2.45, 2.75) is 37.1 Å². The van der Waals surface area contributed by atoms with Gasteiger partial charge in [-0.1, -0.05) is 105 Å². The molecule has 1 aromatic heterocycles. The average molecular weight is 434 g/mol. The largest absolute Gasteiger partial charge is 0.270 e. The van der Waals surface area contributed by atoms with Crippen LogP contribution in [0.2, 0.25) is 5.02 Å². The maximum Gasteiger partial charge on any atom is 0.196 e. The van der Waals surface area contributed by atoms with Crippen molar-refractivity contribution in [2.24, 2.45) is 0 Å². The molecule has 0 N–H and O–H groups in total. The average Bonchev–Trinajstić information content (AvgIpc) is 3.17. The lowest BCUT2D eigenvalue weighted by Crippen LogP contribution is -2.10. The Labute approximate surface area is 187 Å². The standard InChI is InChI=1S/C25H24ClN3S/c1-25(2,3)20-15-13-18(14-16-20)23-27-28-24(29(23)21-10-5-4-6-11-21)30-17-19-9-7-8-12-22(19)26/h4-16H,17H2,1-3H3. The van der Waals surface area contributed by atoms with Gasteiger partial charge in [-0.05, 0) is 34.7 Å². The number of halogens is 1. The highest BCUT2D eigenvalue weighted by atomic mass is 35.5. The smallest absolute Gasteiger partial charge is 0.196 e. The minimum Gasteiger partial charge on any atom is -0.270 e. The lowest BCUT2D eigenvalue weighted by molar-refractivity contribution is 0.590. The van der Waals surface area contributed by atoms with Crippen LogP contribution in [0, 0.1) is 0 Å². The third-order valence-corrected chi connectivity index (χ3v) is 6.32. The van der Waals surface area contributed by atoms with Crippen molar-refractivity contribution >= 4 is 23.4 Å². The van der Waals surface area contributed by atoms with E-state index in [9.17, 15) is 0 Å². The third kappa shape index (κ3) is 4.45. The summed E-state index contributed by atoms with van der Waals surface area (Å²) in [4.78, 5) is 0. The summed E-state index contributed by atoms with van der Waals surface area (Å²) in [7, 11) is 0. The zero-order valence-electron chi connectivity index (χ0n) is 17.3. The zero-order valence-corrected chi connectivity index (χ0v) is 18.9. The molecule has 4 aromatic rings. The van der Waals surface area contributed by atoms with Gasteiger partial charge in [-0.25, -0.2) is 0 Å². The van der Waals surface area contributed by atoms with Gasteiger partial charge in [-0.2, -0.15) is 0 Å². The summed E-state index contributed by atoms with van der Waals surface area (Å²) in [5.74, 6) is 1.57. The van der Waals surface area contributed by atoms with Crippen molar-refractivity contribution in [2.75, 3.05) is 0 Å². The van der Waals surface area contributed by atoms with Crippen molar-refractivity contribution in [1.29, 1.82) is 0 Å². The Balaban J connectivity index is 1.72. The van der Waals surface area contributed by atoms with Crippen molar-refractivity contribution in [3.05, 3.63) is 95.0 Å². The van der Waals surface area contributed by atoms with Gasteiger partial charge in [-0.15, -0.1) is 10.2 Å². The zero-order chi connectivity index (χ0) is 21.1. The van der Waals surface area contributed by atoms with E-state index in [4.69, 9.17) is 11.6 Å². The molecule has 0 saturated heterocycles. The molecule has 0 saturated carbocycles. The first-order valence-electron chi connectivity index (χ1n) is 9.91. The molecular formula is C25H24ClN3S. The second kappa shape index (κ2) is 8.66. The number of nitrogens with zero attached hydrogens (tertiary/aromatic N) is 3. The molecule has 0 bridgehead atoms. The molecule has 0 radical (unpaired) electrons. The van der Waals surface area contributed by atoms with Crippen molar-refractivity contribution < 1.29 is 0 Å². The molecule has 3 nitrogen and oxygen atoms in total. The molecule has 0 unspecified atom stereocenters. The van der Waals surface area contributed by atoms with Crippen LogP contribution >= 0.6 is 23.4 Å². The second-order valence-corrected chi connectivity index (χ2v) is 9.53. The lowest BCUT2D eigenvalue weighted by Gasteiger charge is -2.19. The highest BCUT2D eigenvalue weighted by Gasteiger charge is 2.18. The van der Waals surface area contributed by atoms with Crippen LogP contribution in [-0.4, -0.2) is 14.8 Å². The van der Waals surface area contributed by atoms with Gasteiger partial charge in [0.15, 0.2) is 11.0 Å². The molecule has 0 spiro atoms. The van der Waals surface area contributed by atoms with Crippen molar-refractivity contribution in [1.82, 2.24) is 14.8 Å². The van der Waals surface area contributed by atoms with Crippen LogP contribution in [-0.2, 0) is 11.2 Å². The molecule has 152 valence electrons. The Morgan fingerprint density at radius 3 is 2.17 bits per heavy atom. The molecule has 0 fully saturated rings. The quantitative estimate of drug-likeness (QED) is 0.312. The van der Waals surface area contributed by atoms with E-state index in [2.05, 4.69) is 71.9 Å². The Morgan fingerprint density at radius 2 is 1.50 bits per heavy atom. The molecule has 1 heterocycles. The Bertz CT molecular complexity index is 1130. The normalized spacial score (nSPS) is 11.6. The fraction of sp³-hybridized carbons (Fsp3) is 0.200. The van der Waals surface area contributed by atoms with Crippen molar-refractivity contribution in [3.8, 4) is 17.1 Å². The summed E-state index contributed by atoms with van der Waals surface area (Å²) in [5, 5.41) is 10.7. The van der Waals surface area contributed by atoms with Gasteiger partial charge in [0.1, 0.15) is 0 Å². The van der Waals surface area contributed by atoms with Gasteiger partial charge in [-0.3, -0.25) is 4.57 Å². The molecule has 0 atom stereocenters. The van der Waals surface area contributed by atoms with E-state index in [1.165, 1.54) is 5.56 Å². The number of benzene rings is 3. The first-order valence-corrected chi connectivity index (χ1v) is 11.3. The van der Waals surface area contributed by atoms with Crippen LogP contribution in [0.4, 0.5) is 0 Å². The highest BCUT2D eigenvalue weighted by Crippen LogP contribution is 2.32. The number of hydrogen-bond donors (Lipinski definition) is 0. The minimum atomic E-state index is 0.113. The predicted octanol–water partition coefficient (Wildman–Crippen LogP) is 7.18. The molecule has 0 amide bonds. The van der Waals surface area contributed by atoms with Crippen LogP contribution in [0.3, 0.4) is 0 Å². The molecule has 0 aliphatic heterocycles. The highest BCUT2D eigenvalue weighted by molar-refractivity contribution is 7.98. The predicted molar refractivity (Wildman–Crippen MR) is 127 cm³/mol. The van der Waals surface area contributed by atoms with E-state index in [0.717, 1.165) is 38.6 Å². The number of para-hydroxylation sites is 1. The van der Waals surface area contributed by atoms with Crippen molar-refractivity contribution in [3.63, 3.8) is 0 Å². The molecular weight excluding hydrogens is 410 g/mol. The van der Waals surface area contributed by atoms with Crippen LogP contribution in [0.5, 0.6) is 0 Å². The first kappa shape index (κ1) is 20.7. The molecule has 0 aliphatic rings. The monoisotopic (exact) mass is 433 g/mol. The van der Waals surface area contributed by atoms with E-state index >= 15 is 0 Å². The molecule has 0 aliphatic carbocycles. The Morgan fingerprint density at radius 1 is 0.833 bits per heavy atom. The molecule has 5 heteroatoms. The molecule has 4 rings (SSSR count). The van der Waals surface area contributed by atoms with Gasteiger partial charge in [0.05, 0.1) is 0 Å². The first-order chi connectivity index (χ1) is 14.4. The summed E-state index contributed by atoms with van der Waals surface area (Å²) in [5.41, 5.74) is 4.58. The Kier molecular flexibility index (Phi) is 5.98. The summed E-state index contributed by atoms with van der Waals surface area (Å²) < 4.78 is 2.12. The van der Waals surface area contributed by atoms with Gasteiger partial charge < -0.3 is 0 Å². The van der Waals surface area contributed by atoms with E-state index in [1.54, 1.807) is 11.8 Å². The number of hydrogen-bond acceptors (Lipinski definition) is 3. The van der Waals surface area contributed by atoms with Gasteiger partial charge >= 0.3 is 0 Å². The van der Waals surface area contributed by atoms with Gasteiger partial charge in [0.25, 0.3) is 0 Å². The van der Waals surface area contributed by atoms with Crippen LogP contribution < -0.4 is 0 Å². The summed E-state index contributed by atoms with van der Waals surface area (Å²) >= 11 is 7.98. The number of thioether (sulfide) groups is 1. The minimum absolute atomic E-state index is 0.113. The second-order valence-electron chi connectivity index (χ2n) is 8.18. The maximum atomic E-state index is 6.34. The maximum absolute atomic E-state index is 6.34. The summed E-state index contributed by atoms with van der Waals surface area (Å²) in [6, 6.07) is 26.8. The molecule has 3 aromatic carbocycles. The van der Waals surface area contributed by atoms with Gasteiger partial charge in [0, 0.05) is 22.0 Å². The van der Waals surface area contributed by atoms with E-state index in [-0.39, 0.29) is 5.41 Å². The fourth-order valence-corrected chi connectivity index (χ4v) is 4.47. The third-order valence-electron chi connectivity index (χ3n) is 4.97. The van der Waals surface area contributed by atoms with E-state index < -0.39 is 0 Å².